The Bertz CT molecular complexity index is 528. The Balaban J connectivity index is 1.93. The van der Waals surface area contributed by atoms with Gasteiger partial charge in [-0.2, -0.15) is 0 Å². The SMILES string of the molecule is C=N/C=C\N(C)C(=O)OCCCCCCCOC(=O)n1ccnc1. The standard InChI is InChI=1S/C16H24N4O4/c1-17-8-10-19(2)15(21)23-12-6-4-3-5-7-13-24-16(22)20-11-9-18-14-20/h8-11,14H,1,3-7,12-13H2,2H3/b10-8-. The summed E-state index contributed by atoms with van der Waals surface area (Å²) in [5, 5.41) is 0. The zero-order valence-electron chi connectivity index (χ0n) is 14.0. The fourth-order valence-corrected chi connectivity index (χ4v) is 1.80. The molecular weight excluding hydrogens is 312 g/mol. The first-order chi connectivity index (χ1) is 11.6. The van der Waals surface area contributed by atoms with Crippen molar-refractivity contribution in [3.63, 3.8) is 0 Å². The Hall–Kier alpha value is -2.64. The number of nitrogens with zero attached hydrogens (tertiary/aromatic N) is 4. The highest BCUT2D eigenvalue weighted by molar-refractivity contribution is 5.69. The van der Waals surface area contributed by atoms with E-state index in [9.17, 15) is 9.59 Å². The van der Waals surface area contributed by atoms with Crippen molar-refractivity contribution in [2.24, 2.45) is 4.99 Å². The third-order valence-electron chi connectivity index (χ3n) is 3.14. The summed E-state index contributed by atoms with van der Waals surface area (Å²) in [4.78, 5) is 31.6. The van der Waals surface area contributed by atoms with Gasteiger partial charge in [-0.25, -0.2) is 19.1 Å². The van der Waals surface area contributed by atoms with Crippen LogP contribution in [-0.2, 0) is 9.47 Å². The van der Waals surface area contributed by atoms with Gasteiger partial charge in [0.25, 0.3) is 0 Å². The summed E-state index contributed by atoms with van der Waals surface area (Å²) in [6, 6.07) is 0. The van der Waals surface area contributed by atoms with Gasteiger partial charge in [-0.3, -0.25) is 9.89 Å². The molecule has 1 rings (SSSR count). The number of unbranched alkanes of at least 4 members (excludes halogenated alkanes) is 4. The minimum atomic E-state index is -0.415. The average molecular weight is 336 g/mol. The van der Waals surface area contributed by atoms with Gasteiger partial charge in [-0.05, 0) is 19.6 Å². The molecule has 24 heavy (non-hydrogen) atoms. The molecule has 0 aliphatic carbocycles. The van der Waals surface area contributed by atoms with Crippen LogP contribution in [0.15, 0.2) is 36.1 Å². The number of rotatable bonds is 10. The molecule has 8 heteroatoms. The molecule has 0 bridgehead atoms. The molecule has 0 aliphatic heterocycles. The number of carbonyl (C=O) groups excluding carboxylic acids is 2. The number of amides is 1. The Kier molecular flexibility index (Phi) is 9.59. The van der Waals surface area contributed by atoms with Crippen molar-refractivity contribution < 1.29 is 19.1 Å². The topological polar surface area (TPSA) is 86.0 Å². The van der Waals surface area contributed by atoms with Crippen molar-refractivity contribution in [3.8, 4) is 0 Å². The van der Waals surface area contributed by atoms with E-state index < -0.39 is 12.2 Å². The minimum absolute atomic E-state index is 0.383. The molecule has 0 saturated carbocycles. The maximum absolute atomic E-state index is 11.5. The maximum atomic E-state index is 11.5. The smallest absolute Gasteiger partial charge is 0.419 e. The van der Waals surface area contributed by atoms with Gasteiger partial charge in [0, 0.05) is 31.8 Å². The second kappa shape index (κ2) is 11.9. The molecule has 0 fully saturated rings. The molecule has 0 atom stereocenters. The molecule has 0 aromatic carbocycles. The monoisotopic (exact) mass is 336 g/mol. The highest BCUT2D eigenvalue weighted by Gasteiger charge is 2.06. The molecule has 0 spiro atoms. The summed E-state index contributed by atoms with van der Waals surface area (Å²) in [6.45, 7) is 4.06. The summed E-state index contributed by atoms with van der Waals surface area (Å²) in [6.07, 6.45) is 11.1. The molecule has 0 aliphatic rings. The third kappa shape index (κ3) is 8.11. The number of aliphatic imine (C=N–C) groups is 1. The zero-order chi connectivity index (χ0) is 17.6. The van der Waals surface area contributed by atoms with Crippen molar-refractivity contribution in [2.75, 3.05) is 20.3 Å². The van der Waals surface area contributed by atoms with Gasteiger partial charge in [-0.15, -0.1) is 0 Å². The lowest BCUT2D eigenvalue weighted by atomic mass is 10.1. The van der Waals surface area contributed by atoms with E-state index in [2.05, 4.69) is 16.7 Å². The Morgan fingerprint density at radius 2 is 1.88 bits per heavy atom. The van der Waals surface area contributed by atoms with Crippen molar-refractivity contribution >= 4 is 18.9 Å². The molecule has 0 N–H and O–H groups in total. The van der Waals surface area contributed by atoms with Crippen molar-refractivity contribution in [1.29, 1.82) is 0 Å². The molecular formula is C16H24N4O4. The van der Waals surface area contributed by atoms with Crippen LogP contribution in [0.5, 0.6) is 0 Å². The minimum Gasteiger partial charge on any atom is -0.449 e. The van der Waals surface area contributed by atoms with E-state index in [4.69, 9.17) is 9.47 Å². The van der Waals surface area contributed by atoms with Crippen molar-refractivity contribution in [2.45, 2.75) is 32.1 Å². The lowest BCUT2D eigenvalue weighted by molar-refractivity contribution is 0.121. The van der Waals surface area contributed by atoms with E-state index in [1.54, 1.807) is 13.2 Å². The summed E-state index contributed by atoms with van der Waals surface area (Å²) in [5.74, 6) is 0. The van der Waals surface area contributed by atoms with Gasteiger partial charge in [0.2, 0.25) is 0 Å². The molecule has 8 nitrogen and oxygen atoms in total. The number of hydrogen-bond donors (Lipinski definition) is 0. The summed E-state index contributed by atoms with van der Waals surface area (Å²) in [7, 11) is 1.59. The average Bonchev–Trinajstić information content (AvgIpc) is 3.12. The fourth-order valence-electron chi connectivity index (χ4n) is 1.80. The number of ether oxygens (including phenoxy) is 2. The first-order valence-corrected chi connectivity index (χ1v) is 7.82. The lowest BCUT2D eigenvalue weighted by Gasteiger charge is -2.11. The van der Waals surface area contributed by atoms with Crippen LogP contribution >= 0.6 is 0 Å². The summed E-state index contributed by atoms with van der Waals surface area (Å²) in [5.41, 5.74) is 0. The molecule has 0 unspecified atom stereocenters. The van der Waals surface area contributed by atoms with E-state index >= 15 is 0 Å². The second-order valence-electron chi connectivity index (χ2n) is 5.06. The van der Waals surface area contributed by atoms with Gasteiger partial charge in [0.15, 0.2) is 0 Å². The van der Waals surface area contributed by atoms with E-state index in [0.717, 1.165) is 32.1 Å². The molecule has 0 saturated heterocycles. The van der Waals surface area contributed by atoms with Gasteiger partial charge < -0.3 is 9.47 Å². The van der Waals surface area contributed by atoms with Gasteiger partial charge in [0.1, 0.15) is 6.33 Å². The number of aromatic nitrogens is 2. The van der Waals surface area contributed by atoms with Crippen LogP contribution in [-0.4, -0.2) is 53.6 Å². The predicted molar refractivity (Wildman–Crippen MR) is 89.9 cm³/mol. The largest absolute Gasteiger partial charge is 0.449 e. The third-order valence-corrected chi connectivity index (χ3v) is 3.14. The van der Waals surface area contributed by atoms with Crippen molar-refractivity contribution in [3.05, 3.63) is 31.1 Å². The highest BCUT2D eigenvalue weighted by atomic mass is 16.6. The Morgan fingerprint density at radius 1 is 1.21 bits per heavy atom. The molecule has 1 aromatic heterocycles. The van der Waals surface area contributed by atoms with Gasteiger partial charge in [0.05, 0.1) is 13.2 Å². The Morgan fingerprint density at radius 3 is 2.50 bits per heavy atom. The highest BCUT2D eigenvalue weighted by Crippen LogP contribution is 2.05. The maximum Gasteiger partial charge on any atom is 0.419 e. The predicted octanol–water partition coefficient (Wildman–Crippen LogP) is 3.06. The summed E-state index contributed by atoms with van der Waals surface area (Å²) < 4.78 is 11.5. The number of carbonyl (C=O) groups is 2. The van der Waals surface area contributed by atoms with Crippen LogP contribution in [0.25, 0.3) is 0 Å². The van der Waals surface area contributed by atoms with E-state index in [1.807, 2.05) is 0 Å². The normalized spacial score (nSPS) is 10.5. The first kappa shape index (κ1) is 19.4. The van der Waals surface area contributed by atoms with Crippen LogP contribution < -0.4 is 0 Å². The van der Waals surface area contributed by atoms with Crippen molar-refractivity contribution in [1.82, 2.24) is 14.5 Å². The van der Waals surface area contributed by atoms with Crippen LogP contribution in [0.2, 0.25) is 0 Å². The van der Waals surface area contributed by atoms with Crippen LogP contribution in [0, 0.1) is 0 Å². The van der Waals surface area contributed by atoms with Gasteiger partial charge in [-0.1, -0.05) is 19.3 Å². The van der Waals surface area contributed by atoms with Crippen LogP contribution in [0.4, 0.5) is 9.59 Å². The lowest BCUT2D eigenvalue weighted by Crippen LogP contribution is -2.22. The van der Waals surface area contributed by atoms with E-state index in [1.165, 1.54) is 34.4 Å². The number of imidazole rings is 1. The van der Waals surface area contributed by atoms with E-state index in [-0.39, 0.29) is 0 Å². The van der Waals surface area contributed by atoms with Crippen LogP contribution in [0.1, 0.15) is 32.1 Å². The Labute approximate surface area is 141 Å². The molecule has 1 amide bonds. The zero-order valence-corrected chi connectivity index (χ0v) is 14.0. The first-order valence-electron chi connectivity index (χ1n) is 7.82. The summed E-state index contributed by atoms with van der Waals surface area (Å²) >= 11 is 0. The van der Waals surface area contributed by atoms with Gasteiger partial charge >= 0.3 is 12.2 Å². The quantitative estimate of drug-likeness (QED) is 0.484. The molecule has 1 aromatic rings. The molecule has 1 heterocycles. The molecule has 132 valence electrons. The second-order valence-corrected chi connectivity index (χ2v) is 5.06. The molecule has 0 radical (unpaired) electrons. The van der Waals surface area contributed by atoms with Crippen LogP contribution in [0.3, 0.4) is 0 Å². The van der Waals surface area contributed by atoms with E-state index in [0.29, 0.717) is 13.2 Å². The number of hydrogen-bond acceptors (Lipinski definition) is 6. The fraction of sp³-hybridized carbons (Fsp3) is 0.500.